The predicted octanol–water partition coefficient (Wildman–Crippen LogP) is 5.02. The number of hydrogen-bond donors (Lipinski definition) is 1. The fourth-order valence-electron chi connectivity index (χ4n) is 4.13. The average molecular weight is 375 g/mol. The van der Waals surface area contributed by atoms with E-state index in [-0.39, 0.29) is 11.8 Å². The van der Waals surface area contributed by atoms with Crippen molar-refractivity contribution in [2.24, 2.45) is 0 Å². The van der Waals surface area contributed by atoms with Crippen LogP contribution in [0.1, 0.15) is 27.6 Å². The number of nitrogens with zero attached hydrogens (tertiary/aromatic N) is 1. The second kappa shape index (κ2) is 5.69. The average Bonchev–Trinajstić information content (AvgIpc) is 3.15. The summed E-state index contributed by atoms with van der Waals surface area (Å²) in [4.78, 5) is 25.4. The van der Waals surface area contributed by atoms with Gasteiger partial charge < -0.3 is 4.57 Å². The Bertz CT molecular complexity index is 1290. The van der Waals surface area contributed by atoms with E-state index >= 15 is 0 Å². The number of amides is 2. The Labute approximate surface area is 160 Å². The second-order valence-electron chi connectivity index (χ2n) is 6.59. The zero-order valence-corrected chi connectivity index (χ0v) is 15.3. The fourth-order valence-corrected chi connectivity index (χ4v) is 4.37. The molecule has 0 atom stereocenters. The third-order valence-electron chi connectivity index (χ3n) is 5.22. The van der Waals surface area contributed by atoms with Gasteiger partial charge in [0.15, 0.2) is 0 Å². The number of para-hydroxylation sites is 1. The van der Waals surface area contributed by atoms with Crippen molar-refractivity contribution in [3.05, 3.63) is 70.7 Å². The minimum absolute atomic E-state index is 0.354. The highest BCUT2D eigenvalue weighted by Gasteiger charge is 2.34. The van der Waals surface area contributed by atoms with Crippen molar-refractivity contribution in [3.8, 4) is 11.1 Å². The molecule has 0 bridgehead atoms. The monoisotopic (exact) mass is 374 g/mol. The van der Waals surface area contributed by atoms with Gasteiger partial charge in [-0.2, -0.15) is 0 Å². The van der Waals surface area contributed by atoms with Gasteiger partial charge in [0, 0.05) is 33.4 Å². The Balaban J connectivity index is 2.04. The summed E-state index contributed by atoms with van der Waals surface area (Å²) >= 11 is 6.42. The van der Waals surface area contributed by atoms with Gasteiger partial charge in [0.05, 0.1) is 16.6 Å². The van der Waals surface area contributed by atoms with Crippen molar-refractivity contribution >= 4 is 45.2 Å². The van der Waals surface area contributed by atoms with Crippen LogP contribution in [0.2, 0.25) is 5.02 Å². The van der Waals surface area contributed by atoms with Crippen molar-refractivity contribution in [1.29, 1.82) is 0 Å². The van der Waals surface area contributed by atoms with Gasteiger partial charge in [-0.05, 0) is 30.7 Å². The van der Waals surface area contributed by atoms with Gasteiger partial charge in [-0.3, -0.25) is 14.9 Å². The first-order valence-corrected chi connectivity index (χ1v) is 9.18. The van der Waals surface area contributed by atoms with E-state index in [0.717, 1.165) is 33.9 Å². The normalized spacial score (nSPS) is 13.4. The highest BCUT2D eigenvalue weighted by atomic mass is 35.5. The molecule has 0 radical (unpaired) electrons. The lowest BCUT2D eigenvalue weighted by atomic mass is 9.93. The van der Waals surface area contributed by atoms with E-state index in [0.29, 0.717) is 21.7 Å². The number of imide groups is 1. The summed E-state index contributed by atoms with van der Waals surface area (Å²) in [5, 5.41) is 4.81. The van der Waals surface area contributed by atoms with Gasteiger partial charge in [0.25, 0.3) is 11.8 Å². The number of nitrogens with one attached hydrogen (secondary N) is 1. The van der Waals surface area contributed by atoms with Gasteiger partial charge in [0.1, 0.15) is 0 Å². The molecule has 1 aliphatic rings. The standard InChI is InChI=1S/C22H15ClN2O2/c1-2-25-16-10-6-4-8-13(16)18-17(25)11-14(12-7-3-5-9-15(12)23)19-20(18)22(27)24-21(19)26/h3-11H,2H2,1H3,(H,24,26,27). The molecule has 1 aliphatic heterocycles. The van der Waals surface area contributed by atoms with E-state index in [1.807, 2.05) is 48.5 Å². The van der Waals surface area contributed by atoms with E-state index in [1.165, 1.54) is 0 Å². The summed E-state index contributed by atoms with van der Waals surface area (Å²) in [7, 11) is 0. The third-order valence-corrected chi connectivity index (χ3v) is 5.55. The van der Waals surface area contributed by atoms with Crippen molar-refractivity contribution in [1.82, 2.24) is 9.88 Å². The van der Waals surface area contributed by atoms with Crippen LogP contribution >= 0.6 is 11.6 Å². The predicted molar refractivity (Wildman–Crippen MR) is 107 cm³/mol. The van der Waals surface area contributed by atoms with Gasteiger partial charge in [0.2, 0.25) is 0 Å². The topological polar surface area (TPSA) is 51.1 Å². The molecule has 4 aromatic rings. The van der Waals surface area contributed by atoms with Crippen LogP contribution in [0.15, 0.2) is 54.6 Å². The molecule has 0 fully saturated rings. The number of carbonyl (C=O) groups is 2. The Hall–Kier alpha value is -3.11. The van der Waals surface area contributed by atoms with Crippen LogP contribution < -0.4 is 5.32 Å². The third kappa shape index (κ3) is 2.10. The van der Waals surface area contributed by atoms with Crippen molar-refractivity contribution in [2.45, 2.75) is 13.5 Å². The molecule has 0 unspecified atom stereocenters. The number of carbonyl (C=O) groups excluding carboxylic acids is 2. The Morgan fingerprint density at radius 1 is 0.889 bits per heavy atom. The highest BCUT2D eigenvalue weighted by Crippen LogP contribution is 2.41. The molecule has 5 rings (SSSR count). The zero-order valence-electron chi connectivity index (χ0n) is 14.5. The molecule has 0 aliphatic carbocycles. The van der Waals surface area contributed by atoms with E-state index < -0.39 is 0 Å². The number of aromatic nitrogens is 1. The van der Waals surface area contributed by atoms with Gasteiger partial charge in [-0.1, -0.05) is 48.0 Å². The largest absolute Gasteiger partial charge is 0.341 e. The van der Waals surface area contributed by atoms with E-state index in [2.05, 4.69) is 16.8 Å². The van der Waals surface area contributed by atoms with Crippen molar-refractivity contribution in [2.75, 3.05) is 0 Å². The van der Waals surface area contributed by atoms with Crippen LogP contribution in [0.4, 0.5) is 0 Å². The molecular weight excluding hydrogens is 360 g/mol. The zero-order chi connectivity index (χ0) is 18.7. The second-order valence-corrected chi connectivity index (χ2v) is 7.00. The maximum atomic E-state index is 12.7. The summed E-state index contributed by atoms with van der Waals surface area (Å²) in [6.45, 7) is 2.82. The van der Waals surface area contributed by atoms with Crippen LogP contribution in [-0.4, -0.2) is 16.4 Å². The van der Waals surface area contributed by atoms with Gasteiger partial charge in [-0.25, -0.2) is 0 Å². The summed E-state index contributed by atoms with van der Waals surface area (Å²) in [5.74, 6) is -0.729. The molecule has 5 heteroatoms. The minimum atomic E-state index is -0.375. The Morgan fingerprint density at radius 3 is 2.37 bits per heavy atom. The number of fused-ring (bicyclic) bond motifs is 5. The van der Waals surface area contributed by atoms with Crippen LogP contribution in [-0.2, 0) is 6.54 Å². The maximum absolute atomic E-state index is 12.7. The van der Waals surface area contributed by atoms with E-state index in [4.69, 9.17) is 11.6 Å². The molecule has 132 valence electrons. The lowest BCUT2D eigenvalue weighted by Gasteiger charge is -2.11. The maximum Gasteiger partial charge on any atom is 0.259 e. The molecule has 2 amide bonds. The van der Waals surface area contributed by atoms with Crippen molar-refractivity contribution < 1.29 is 9.59 Å². The molecular formula is C22H15ClN2O2. The van der Waals surface area contributed by atoms with Gasteiger partial charge in [-0.15, -0.1) is 0 Å². The quantitative estimate of drug-likeness (QED) is 0.501. The summed E-state index contributed by atoms with van der Waals surface area (Å²) in [5.41, 5.74) is 4.24. The van der Waals surface area contributed by atoms with Crippen LogP contribution in [0.5, 0.6) is 0 Å². The van der Waals surface area contributed by atoms with Crippen LogP contribution in [0.25, 0.3) is 32.9 Å². The van der Waals surface area contributed by atoms with Crippen molar-refractivity contribution in [3.63, 3.8) is 0 Å². The molecule has 27 heavy (non-hydrogen) atoms. The number of benzene rings is 3. The number of rotatable bonds is 2. The molecule has 3 aromatic carbocycles. The first kappa shape index (κ1) is 16.1. The lowest BCUT2D eigenvalue weighted by molar-refractivity contribution is 0.0880. The Kier molecular flexibility index (Phi) is 3.39. The number of hydrogen-bond acceptors (Lipinski definition) is 2. The SMILES string of the molecule is CCn1c2ccccc2c2c3c(c(-c4ccccc4Cl)cc21)C(=O)NC3=O. The summed E-state index contributed by atoms with van der Waals surface area (Å²) in [6.07, 6.45) is 0. The fraction of sp³-hybridized carbons (Fsp3) is 0.0909. The summed E-state index contributed by atoms with van der Waals surface area (Å²) < 4.78 is 2.17. The Morgan fingerprint density at radius 2 is 1.59 bits per heavy atom. The minimum Gasteiger partial charge on any atom is -0.341 e. The molecule has 2 heterocycles. The summed E-state index contributed by atoms with van der Waals surface area (Å²) in [6, 6.07) is 17.3. The molecule has 1 N–H and O–H groups in total. The molecule has 4 nitrogen and oxygen atoms in total. The lowest BCUT2D eigenvalue weighted by Crippen LogP contribution is -2.20. The smallest absolute Gasteiger partial charge is 0.259 e. The first-order valence-electron chi connectivity index (χ1n) is 8.80. The first-order chi connectivity index (χ1) is 13.1. The van der Waals surface area contributed by atoms with E-state index in [1.54, 1.807) is 6.07 Å². The number of halogens is 1. The van der Waals surface area contributed by atoms with Crippen LogP contribution in [0.3, 0.4) is 0 Å². The van der Waals surface area contributed by atoms with E-state index in [9.17, 15) is 9.59 Å². The molecule has 1 aromatic heterocycles. The van der Waals surface area contributed by atoms with Crippen LogP contribution in [0, 0.1) is 0 Å². The molecule has 0 saturated carbocycles. The molecule has 0 saturated heterocycles. The highest BCUT2D eigenvalue weighted by molar-refractivity contribution is 6.36. The van der Waals surface area contributed by atoms with Gasteiger partial charge >= 0.3 is 0 Å². The molecule has 0 spiro atoms. The number of aryl methyl sites for hydroxylation is 1.